The van der Waals surface area contributed by atoms with Gasteiger partial charge in [0.2, 0.25) is 0 Å². The van der Waals surface area contributed by atoms with Crippen molar-refractivity contribution in [2.45, 2.75) is 25.8 Å². The third-order valence-electron chi connectivity index (χ3n) is 3.98. The van der Waals surface area contributed by atoms with E-state index in [0.29, 0.717) is 0 Å². The molecule has 1 heterocycles. The molecule has 0 spiro atoms. The lowest BCUT2D eigenvalue weighted by Crippen LogP contribution is -2.31. The zero-order chi connectivity index (χ0) is 13.9. The van der Waals surface area contributed by atoms with Gasteiger partial charge in [0.25, 0.3) is 0 Å². The van der Waals surface area contributed by atoms with Gasteiger partial charge in [-0.2, -0.15) is 0 Å². The second-order valence-corrected chi connectivity index (χ2v) is 5.39. The molecule has 0 atom stereocenters. The topological polar surface area (TPSA) is 54.2 Å². The van der Waals surface area contributed by atoms with E-state index in [1.54, 1.807) is 6.20 Å². The maximum atomic E-state index is 6.07. The van der Waals surface area contributed by atoms with Crippen LogP contribution >= 0.6 is 0 Å². The van der Waals surface area contributed by atoms with Crippen molar-refractivity contribution in [2.75, 3.05) is 30.7 Å². The van der Waals surface area contributed by atoms with Gasteiger partial charge in [0, 0.05) is 24.5 Å². The van der Waals surface area contributed by atoms with Gasteiger partial charge in [0.05, 0.1) is 23.1 Å². The average molecular weight is 270 g/mol. The highest BCUT2D eigenvalue weighted by molar-refractivity contribution is 5.96. The minimum absolute atomic E-state index is 0.721. The van der Waals surface area contributed by atoms with E-state index in [-0.39, 0.29) is 0 Å². The van der Waals surface area contributed by atoms with E-state index in [4.69, 9.17) is 5.73 Å². The van der Waals surface area contributed by atoms with Crippen LogP contribution in [0.2, 0.25) is 0 Å². The Bertz CT molecular complexity index is 592. The van der Waals surface area contributed by atoms with Gasteiger partial charge >= 0.3 is 0 Å². The number of aromatic nitrogens is 1. The summed E-state index contributed by atoms with van der Waals surface area (Å²) < 4.78 is 0. The minimum atomic E-state index is 0.721. The molecule has 4 heteroatoms. The van der Waals surface area contributed by atoms with E-state index in [1.165, 1.54) is 12.8 Å². The zero-order valence-electron chi connectivity index (χ0n) is 12.0. The molecule has 0 amide bonds. The predicted octanol–water partition coefficient (Wildman–Crippen LogP) is 2.71. The van der Waals surface area contributed by atoms with Crippen molar-refractivity contribution in [3.63, 3.8) is 0 Å². The standard InChI is InChI=1S/C16H22N4/c1-2-20(12-7-8-12)10-9-18-16-13-5-3-4-6-15(13)19-11-14(16)17/h3-6,11-12H,2,7-10,17H2,1H3,(H,18,19). The Morgan fingerprint density at radius 3 is 2.90 bits per heavy atom. The highest BCUT2D eigenvalue weighted by atomic mass is 15.2. The van der Waals surface area contributed by atoms with Crippen LogP contribution in [0.25, 0.3) is 10.9 Å². The number of para-hydroxylation sites is 1. The molecule has 0 unspecified atom stereocenters. The van der Waals surface area contributed by atoms with Crippen LogP contribution < -0.4 is 11.1 Å². The summed E-state index contributed by atoms with van der Waals surface area (Å²) in [5.41, 5.74) is 8.79. The van der Waals surface area contributed by atoms with Gasteiger partial charge in [-0.15, -0.1) is 0 Å². The lowest BCUT2D eigenvalue weighted by Gasteiger charge is -2.21. The number of nitrogens with one attached hydrogen (secondary N) is 1. The lowest BCUT2D eigenvalue weighted by atomic mass is 10.1. The van der Waals surface area contributed by atoms with Gasteiger partial charge in [-0.1, -0.05) is 25.1 Å². The molecular formula is C16H22N4. The molecular weight excluding hydrogens is 248 g/mol. The van der Waals surface area contributed by atoms with Crippen LogP contribution in [0.4, 0.5) is 11.4 Å². The van der Waals surface area contributed by atoms with Crippen LogP contribution in [0.1, 0.15) is 19.8 Å². The molecule has 0 bridgehead atoms. The second kappa shape index (κ2) is 5.67. The maximum absolute atomic E-state index is 6.07. The van der Waals surface area contributed by atoms with Gasteiger partial charge in [0.1, 0.15) is 0 Å². The summed E-state index contributed by atoms with van der Waals surface area (Å²) in [6.45, 7) is 5.34. The summed E-state index contributed by atoms with van der Waals surface area (Å²) in [6, 6.07) is 8.92. The molecule has 1 aliphatic carbocycles. The Morgan fingerprint density at radius 1 is 1.35 bits per heavy atom. The molecule has 1 aliphatic rings. The molecule has 0 saturated heterocycles. The highest BCUT2D eigenvalue weighted by Gasteiger charge is 2.27. The van der Waals surface area contributed by atoms with Crippen molar-refractivity contribution >= 4 is 22.3 Å². The summed E-state index contributed by atoms with van der Waals surface area (Å²) >= 11 is 0. The highest BCUT2D eigenvalue weighted by Crippen LogP contribution is 2.28. The SMILES string of the molecule is CCN(CCNc1c(N)cnc2ccccc12)C1CC1. The van der Waals surface area contributed by atoms with E-state index >= 15 is 0 Å². The van der Waals surface area contributed by atoms with Crippen LogP contribution in [0.15, 0.2) is 30.5 Å². The molecule has 1 aromatic carbocycles. The molecule has 3 N–H and O–H groups in total. The molecule has 1 aromatic heterocycles. The first kappa shape index (κ1) is 13.2. The molecule has 4 nitrogen and oxygen atoms in total. The fraction of sp³-hybridized carbons (Fsp3) is 0.438. The molecule has 2 aromatic rings. The second-order valence-electron chi connectivity index (χ2n) is 5.39. The van der Waals surface area contributed by atoms with Crippen molar-refractivity contribution in [1.82, 2.24) is 9.88 Å². The van der Waals surface area contributed by atoms with E-state index in [2.05, 4.69) is 28.2 Å². The fourth-order valence-corrected chi connectivity index (χ4v) is 2.72. The molecule has 1 fully saturated rings. The van der Waals surface area contributed by atoms with E-state index in [9.17, 15) is 0 Å². The molecule has 1 saturated carbocycles. The molecule has 20 heavy (non-hydrogen) atoms. The number of fused-ring (bicyclic) bond motifs is 1. The van der Waals surface area contributed by atoms with Crippen LogP contribution in [0, 0.1) is 0 Å². The van der Waals surface area contributed by atoms with E-state index in [1.807, 2.05) is 18.2 Å². The monoisotopic (exact) mass is 270 g/mol. The zero-order valence-corrected chi connectivity index (χ0v) is 12.0. The summed E-state index contributed by atoms with van der Waals surface area (Å²) in [5, 5.41) is 4.60. The number of rotatable bonds is 6. The largest absolute Gasteiger partial charge is 0.396 e. The van der Waals surface area contributed by atoms with Crippen molar-refractivity contribution < 1.29 is 0 Å². The van der Waals surface area contributed by atoms with Gasteiger partial charge in [-0.3, -0.25) is 9.88 Å². The number of hydrogen-bond donors (Lipinski definition) is 2. The Hall–Kier alpha value is -1.81. The number of nitrogens with two attached hydrogens (primary N) is 1. The first-order valence-electron chi connectivity index (χ1n) is 7.40. The average Bonchev–Trinajstić information content (AvgIpc) is 3.30. The number of pyridine rings is 1. The molecule has 106 valence electrons. The van der Waals surface area contributed by atoms with Crippen molar-refractivity contribution in [1.29, 1.82) is 0 Å². The Balaban J connectivity index is 1.71. The van der Waals surface area contributed by atoms with Crippen LogP contribution in [0.5, 0.6) is 0 Å². The number of anilines is 2. The van der Waals surface area contributed by atoms with Crippen LogP contribution in [-0.2, 0) is 0 Å². The maximum Gasteiger partial charge on any atom is 0.0743 e. The third-order valence-corrected chi connectivity index (χ3v) is 3.98. The normalized spacial score (nSPS) is 14.9. The Kier molecular flexibility index (Phi) is 3.74. The van der Waals surface area contributed by atoms with Gasteiger partial charge in [0.15, 0.2) is 0 Å². The molecule has 0 aliphatic heterocycles. The first-order chi connectivity index (χ1) is 9.79. The van der Waals surface area contributed by atoms with Gasteiger partial charge < -0.3 is 11.1 Å². The van der Waals surface area contributed by atoms with Crippen LogP contribution in [-0.4, -0.2) is 35.6 Å². The Morgan fingerprint density at radius 2 is 2.15 bits per heavy atom. The van der Waals surface area contributed by atoms with Gasteiger partial charge in [-0.05, 0) is 25.5 Å². The molecule has 0 radical (unpaired) electrons. The van der Waals surface area contributed by atoms with Crippen molar-refractivity contribution in [3.8, 4) is 0 Å². The lowest BCUT2D eigenvalue weighted by molar-refractivity contribution is 0.289. The number of benzene rings is 1. The quantitative estimate of drug-likeness (QED) is 0.847. The predicted molar refractivity (Wildman–Crippen MR) is 84.9 cm³/mol. The van der Waals surface area contributed by atoms with Crippen molar-refractivity contribution in [2.24, 2.45) is 0 Å². The van der Waals surface area contributed by atoms with E-state index < -0.39 is 0 Å². The number of nitrogens with zero attached hydrogens (tertiary/aromatic N) is 2. The number of nitrogen functional groups attached to an aromatic ring is 1. The summed E-state index contributed by atoms with van der Waals surface area (Å²) in [5.74, 6) is 0. The summed E-state index contributed by atoms with van der Waals surface area (Å²) in [6.07, 6.45) is 4.45. The first-order valence-corrected chi connectivity index (χ1v) is 7.40. The summed E-state index contributed by atoms with van der Waals surface area (Å²) in [4.78, 5) is 6.90. The minimum Gasteiger partial charge on any atom is -0.396 e. The van der Waals surface area contributed by atoms with Gasteiger partial charge in [-0.25, -0.2) is 0 Å². The summed E-state index contributed by atoms with van der Waals surface area (Å²) in [7, 11) is 0. The Labute approximate surface area is 120 Å². The number of likely N-dealkylation sites (N-methyl/N-ethyl adjacent to an activating group) is 1. The molecule has 3 rings (SSSR count). The van der Waals surface area contributed by atoms with Crippen LogP contribution in [0.3, 0.4) is 0 Å². The fourth-order valence-electron chi connectivity index (χ4n) is 2.72. The van der Waals surface area contributed by atoms with E-state index in [0.717, 1.165) is 48.0 Å². The third kappa shape index (κ3) is 2.70. The van der Waals surface area contributed by atoms with Crippen molar-refractivity contribution in [3.05, 3.63) is 30.5 Å². The smallest absolute Gasteiger partial charge is 0.0743 e. The number of hydrogen-bond acceptors (Lipinski definition) is 4.